The van der Waals surface area contributed by atoms with Crippen LogP contribution in [-0.2, 0) is 14.6 Å². The molecule has 0 fully saturated rings. The van der Waals surface area contributed by atoms with Crippen molar-refractivity contribution < 1.29 is 13.2 Å². The summed E-state index contributed by atoms with van der Waals surface area (Å²) in [6.45, 7) is 3.37. The van der Waals surface area contributed by atoms with Gasteiger partial charge in [-0.05, 0) is 47.5 Å². The Morgan fingerprint density at radius 3 is 2.74 bits per heavy atom. The van der Waals surface area contributed by atoms with Gasteiger partial charge < -0.3 is 10.6 Å². The Bertz CT molecular complexity index is 643. The van der Waals surface area contributed by atoms with Crippen molar-refractivity contribution >= 4 is 37.4 Å². The monoisotopic (exact) mass is 346 g/mol. The van der Waals surface area contributed by atoms with Crippen LogP contribution in [0.2, 0.25) is 0 Å². The van der Waals surface area contributed by atoms with Crippen molar-refractivity contribution in [3.05, 3.63) is 22.2 Å². The number of benzene rings is 1. The molecular weight excluding hydrogens is 332 g/mol. The van der Waals surface area contributed by atoms with Crippen LogP contribution in [0.3, 0.4) is 0 Å². The summed E-state index contributed by atoms with van der Waals surface area (Å²) in [5, 5.41) is 0. The zero-order valence-corrected chi connectivity index (χ0v) is 13.1. The molecule has 0 aromatic heterocycles. The number of amides is 1. The molecule has 0 aliphatic carbocycles. The van der Waals surface area contributed by atoms with Crippen molar-refractivity contribution in [1.29, 1.82) is 0 Å². The van der Waals surface area contributed by atoms with Crippen LogP contribution in [0.1, 0.15) is 12.5 Å². The lowest BCUT2D eigenvalue weighted by Crippen LogP contribution is -2.49. The van der Waals surface area contributed by atoms with Gasteiger partial charge in [0.25, 0.3) is 0 Å². The van der Waals surface area contributed by atoms with E-state index in [-0.39, 0.29) is 23.1 Å². The molecule has 0 radical (unpaired) electrons. The van der Waals surface area contributed by atoms with Crippen molar-refractivity contribution in [2.24, 2.45) is 5.73 Å². The van der Waals surface area contributed by atoms with Gasteiger partial charge in [0.15, 0.2) is 9.84 Å². The van der Waals surface area contributed by atoms with Gasteiger partial charge in [-0.1, -0.05) is 0 Å². The molecule has 2 N–H and O–H groups in total. The highest BCUT2D eigenvalue weighted by Crippen LogP contribution is 2.40. The van der Waals surface area contributed by atoms with E-state index in [1.165, 1.54) is 4.90 Å². The molecule has 0 saturated heterocycles. The number of carbonyl (C=O) groups is 1. The average molecular weight is 347 g/mol. The summed E-state index contributed by atoms with van der Waals surface area (Å²) in [5.41, 5.74) is 6.64. The minimum Gasteiger partial charge on any atom is -0.322 e. The number of aryl methyl sites for hydroxylation is 1. The Kier molecular flexibility index (Phi) is 3.72. The van der Waals surface area contributed by atoms with E-state index < -0.39 is 15.9 Å². The molecule has 7 heteroatoms. The third kappa shape index (κ3) is 2.42. The van der Waals surface area contributed by atoms with Gasteiger partial charge in [0.2, 0.25) is 5.91 Å². The highest BCUT2D eigenvalue weighted by Gasteiger charge is 2.37. The number of nitrogens with zero attached hydrogens (tertiary/aromatic N) is 1. The molecule has 0 saturated carbocycles. The second-order valence-electron chi connectivity index (χ2n) is 4.69. The molecule has 1 heterocycles. The molecule has 1 aromatic rings. The zero-order chi connectivity index (χ0) is 14.4. The maximum absolute atomic E-state index is 12.3. The molecule has 2 rings (SSSR count). The number of hydrogen-bond acceptors (Lipinski definition) is 4. The van der Waals surface area contributed by atoms with Gasteiger partial charge in [0, 0.05) is 10.5 Å². The van der Waals surface area contributed by atoms with Crippen LogP contribution in [-0.4, -0.2) is 32.7 Å². The highest BCUT2D eigenvalue weighted by molar-refractivity contribution is 9.10. The van der Waals surface area contributed by atoms with Crippen LogP contribution in [0.25, 0.3) is 0 Å². The molecule has 104 valence electrons. The molecule has 0 spiro atoms. The van der Waals surface area contributed by atoms with Crippen molar-refractivity contribution in [2.75, 3.05) is 17.2 Å². The van der Waals surface area contributed by atoms with E-state index in [1.54, 1.807) is 19.1 Å². The normalized spacial score (nSPS) is 21.1. The molecule has 1 amide bonds. The standard InChI is InChI=1S/C12H15BrN2O3S/c1-7-3-9(13)12-10(4-7)19(17,18)6-8(2)15(12)11(16)5-14/h3-4,8H,5-6,14H2,1-2H3. The Morgan fingerprint density at radius 2 is 2.16 bits per heavy atom. The Labute approximate surface area is 120 Å². The minimum absolute atomic E-state index is 0.0817. The van der Waals surface area contributed by atoms with Gasteiger partial charge >= 0.3 is 0 Å². The van der Waals surface area contributed by atoms with Crippen LogP contribution in [0, 0.1) is 6.92 Å². The molecule has 1 unspecified atom stereocenters. The SMILES string of the molecule is Cc1cc(Br)c2c(c1)S(=O)(=O)CC(C)N2C(=O)CN. The van der Waals surface area contributed by atoms with Gasteiger partial charge in [-0.3, -0.25) is 4.79 Å². The van der Waals surface area contributed by atoms with Crippen molar-refractivity contribution in [2.45, 2.75) is 24.8 Å². The lowest BCUT2D eigenvalue weighted by molar-refractivity contribution is -0.117. The molecule has 0 bridgehead atoms. The molecular formula is C12H15BrN2O3S. The first-order valence-corrected chi connectivity index (χ1v) is 8.27. The topological polar surface area (TPSA) is 80.5 Å². The first-order valence-electron chi connectivity index (χ1n) is 5.83. The molecule has 1 aliphatic heterocycles. The lowest BCUT2D eigenvalue weighted by Gasteiger charge is -2.35. The number of rotatable bonds is 1. The van der Waals surface area contributed by atoms with E-state index in [1.807, 2.05) is 6.92 Å². The fourth-order valence-electron chi connectivity index (χ4n) is 2.34. The fourth-order valence-corrected chi connectivity index (χ4v) is 5.07. The molecule has 1 aromatic carbocycles. The number of fused-ring (bicyclic) bond motifs is 1. The second kappa shape index (κ2) is 4.88. The third-order valence-corrected chi connectivity index (χ3v) is 5.60. The van der Waals surface area contributed by atoms with Crippen LogP contribution >= 0.6 is 15.9 Å². The zero-order valence-electron chi connectivity index (χ0n) is 10.7. The van der Waals surface area contributed by atoms with E-state index in [0.29, 0.717) is 10.2 Å². The fraction of sp³-hybridized carbons (Fsp3) is 0.417. The average Bonchev–Trinajstić information content (AvgIpc) is 2.29. The minimum atomic E-state index is -3.38. The van der Waals surface area contributed by atoms with Crippen LogP contribution in [0.5, 0.6) is 0 Å². The summed E-state index contributed by atoms with van der Waals surface area (Å²) in [7, 11) is -3.38. The summed E-state index contributed by atoms with van der Waals surface area (Å²) in [5.74, 6) is -0.366. The van der Waals surface area contributed by atoms with Crippen molar-refractivity contribution in [3.8, 4) is 0 Å². The third-order valence-electron chi connectivity index (χ3n) is 3.09. The summed E-state index contributed by atoms with van der Waals surface area (Å²) >= 11 is 3.35. The van der Waals surface area contributed by atoms with Crippen LogP contribution < -0.4 is 10.6 Å². The summed E-state index contributed by atoms with van der Waals surface area (Å²) in [4.78, 5) is 13.6. The van der Waals surface area contributed by atoms with Gasteiger partial charge in [-0.15, -0.1) is 0 Å². The number of anilines is 1. The predicted octanol–water partition coefficient (Wildman–Crippen LogP) is 1.23. The van der Waals surface area contributed by atoms with E-state index in [4.69, 9.17) is 5.73 Å². The Hall–Kier alpha value is -0.920. The second-order valence-corrected chi connectivity index (χ2v) is 7.55. The quantitative estimate of drug-likeness (QED) is 0.829. The largest absolute Gasteiger partial charge is 0.322 e. The van der Waals surface area contributed by atoms with Gasteiger partial charge in [-0.25, -0.2) is 8.42 Å². The highest BCUT2D eigenvalue weighted by atomic mass is 79.9. The number of nitrogens with two attached hydrogens (primary N) is 1. The van der Waals surface area contributed by atoms with Gasteiger partial charge in [0.1, 0.15) is 0 Å². The molecule has 1 atom stereocenters. The first-order chi connectivity index (χ1) is 8.77. The summed E-state index contributed by atoms with van der Waals surface area (Å²) in [6.07, 6.45) is 0. The Balaban J connectivity index is 2.76. The van der Waals surface area contributed by atoms with Crippen molar-refractivity contribution in [3.63, 3.8) is 0 Å². The molecule has 19 heavy (non-hydrogen) atoms. The maximum atomic E-state index is 12.3. The Morgan fingerprint density at radius 1 is 1.53 bits per heavy atom. The van der Waals surface area contributed by atoms with Gasteiger partial charge in [-0.2, -0.15) is 0 Å². The van der Waals surface area contributed by atoms with Crippen LogP contribution in [0.4, 0.5) is 5.69 Å². The smallest absolute Gasteiger partial charge is 0.241 e. The first kappa shape index (κ1) is 14.5. The van der Waals surface area contributed by atoms with E-state index in [0.717, 1.165) is 5.56 Å². The van der Waals surface area contributed by atoms with Crippen LogP contribution in [0.15, 0.2) is 21.5 Å². The summed E-state index contributed by atoms with van der Waals surface area (Å²) in [6, 6.07) is 2.97. The number of halogens is 1. The van der Waals surface area contributed by atoms with Crippen molar-refractivity contribution in [1.82, 2.24) is 0 Å². The number of hydrogen-bond donors (Lipinski definition) is 1. The predicted molar refractivity (Wildman–Crippen MR) is 76.9 cm³/mol. The summed E-state index contributed by atoms with van der Waals surface area (Å²) < 4.78 is 25.1. The van der Waals surface area contributed by atoms with E-state index in [9.17, 15) is 13.2 Å². The van der Waals surface area contributed by atoms with E-state index >= 15 is 0 Å². The van der Waals surface area contributed by atoms with E-state index in [2.05, 4.69) is 15.9 Å². The number of sulfone groups is 1. The lowest BCUT2D eigenvalue weighted by atomic mass is 10.1. The number of carbonyl (C=O) groups excluding carboxylic acids is 1. The molecule has 1 aliphatic rings. The van der Waals surface area contributed by atoms with Gasteiger partial charge in [0.05, 0.1) is 22.9 Å². The maximum Gasteiger partial charge on any atom is 0.241 e. The molecule has 5 nitrogen and oxygen atoms in total.